The van der Waals surface area contributed by atoms with Gasteiger partial charge in [0.1, 0.15) is 0 Å². The van der Waals surface area contributed by atoms with E-state index >= 15 is 0 Å². The van der Waals surface area contributed by atoms with Crippen LogP contribution in [0, 0.1) is 0 Å². The highest BCUT2D eigenvalue weighted by atomic mass is 16.5. The van der Waals surface area contributed by atoms with Gasteiger partial charge in [0.15, 0.2) is 0 Å². The lowest BCUT2D eigenvalue weighted by atomic mass is 10.1. The van der Waals surface area contributed by atoms with E-state index in [-0.39, 0.29) is 35.5 Å². The molecule has 7 heteroatoms. The third-order valence-corrected chi connectivity index (χ3v) is 5.26. The Kier molecular flexibility index (Phi) is 7.53. The van der Waals surface area contributed by atoms with Crippen LogP contribution in [0.25, 0.3) is 0 Å². The van der Waals surface area contributed by atoms with Crippen molar-refractivity contribution in [2.45, 2.75) is 58.9 Å². The number of rotatable bonds is 5. The summed E-state index contributed by atoms with van der Waals surface area (Å²) in [6, 6.07) is 13.8. The molecule has 1 aliphatic rings. The molecule has 2 unspecified atom stereocenters. The minimum Gasteiger partial charge on any atom is -0.372 e. The molecule has 2 aromatic rings. The van der Waals surface area contributed by atoms with Gasteiger partial charge in [0, 0.05) is 41.9 Å². The lowest BCUT2D eigenvalue weighted by Crippen LogP contribution is -2.48. The quantitative estimate of drug-likeness (QED) is 0.729. The number of nitrogens with zero attached hydrogens (tertiary/aromatic N) is 1. The monoisotopic (exact) mass is 451 g/mol. The molecular weight excluding hydrogens is 418 g/mol. The maximum atomic E-state index is 12.8. The molecule has 33 heavy (non-hydrogen) atoms. The van der Waals surface area contributed by atoms with Crippen molar-refractivity contribution in [1.29, 1.82) is 0 Å². The summed E-state index contributed by atoms with van der Waals surface area (Å²) in [6.07, 6.45) is 0.0447. The summed E-state index contributed by atoms with van der Waals surface area (Å²) in [5, 5.41) is 5.77. The van der Waals surface area contributed by atoms with Crippen LogP contribution >= 0.6 is 0 Å². The summed E-state index contributed by atoms with van der Waals surface area (Å²) in [7, 11) is 0. The van der Waals surface area contributed by atoms with E-state index < -0.39 is 0 Å². The first-order valence-electron chi connectivity index (χ1n) is 11.3. The van der Waals surface area contributed by atoms with Crippen molar-refractivity contribution in [3.8, 4) is 0 Å². The van der Waals surface area contributed by atoms with Crippen LogP contribution in [0.15, 0.2) is 48.5 Å². The van der Waals surface area contributed by atoms with Crippen LogP contribution in [-0.4, -0.2) is 53.5 Å². The molecule has 7 nitrogen and oxygen atoms in total. The molecule has 0 saturated carbocycles. The standard InChI is InChI=1S/C26H33N3O4/c1-17-15-29(16-18(2)33-17)25(32)22-8-6-19(7-9-22)14-27-23(30)20-10-12-21(13-11-20)24(31)28-26(3,4)5/h6-13,17-18H,14-16H2,1-5H3,(H,27,30)(H,28,31). The van der Waals surface area contributed by atoms with E-state index in [2.05, 4.69) is 10.6 Å². The van der Waals surface area contributed by atoms with Gasteiger partial charge in [-0.3, -0.25) is 14.4 Å². The third kappa shape index (κ3) is 6.89. The first-order chi connectivity index (χ1) is 15.5. The number of nitrogens with one attached hydrogen (secondary N) is 2. The van der Waals surface area contributed by atoms with Crippen molar-refractivity contribution >= 4 is 17.7 Å². The SMILES string of the molecule is CC1CN(C(=O)c2ccc(CNC(=O)c3ccc(C(=O)NC(C)(C)C)cc3)cc2)CC(C)O1. The summed E-state index contributed by atoms with van der Waals surface area (Å²) in [5.41, 5.74) is 2.17. The average molecular weight is 452 g/mol. The molecule has 1 saturated heterocycles. The number of amides is 3. The zero-order valence-electron chi connectivity index (χ0n) is 20.0. The van der Waals surface area contributed by atoms with Gasteiger partial charge in [-0.05, 0) is 76.6 Å². The van der Waals surface area contributed by atoms with Gasteiger partial charge in [-0.25, -0.2) is 0 Å². The minimum atomic E-state index is -0.327. The Morgan fingerprint density at radius 1 is 0.848 bits per heavy atom. The van der Waals surface area contributed by atoms with Gasteiger partial charge in [-0.1, -0.05) is 12.1 Å². The zero-order chi connectivity index (χ0) is 24.2. The fourth-order valence-corrected chi connectivity index (χ4v) is 3.76. The van der Waals surface area contributed by atoms with Crippen LogP contribution in [0.3, 0.4) is 0 Å². The second-order valence-electron chi connectivity index (χ2n) is 9.63. The van der Waals surface area contributed by atoms with Gasteiger partial charge < -0.3 is 20.3 Å². The van der Waals surface area contributed by atoms with Gasteiger partial charge in [0.05, 0.1) is 12.2 Å². The van der Waals surface area contributed by atoms with Gasteiger partial charge in [0.2, 0.25) is 0 Å². The van der Waals surface area contributed by atoms with Crippen molar-refractivity contribution in [2.75, 3.05) is 13.1 Å². The van der Waals surface area contributed by atoms with Crippen molar-refractivity contribution in [3.63, 3.8) is 0 Å². The Bertz CT molecular complexity index is 984. The minimum absolute atomic E-state index is 0.0110. The first kappa shape index (κ1) is 24.5. The Morgan fingerprint density at radius 2 is 1.33 bits per heavy atom. The number of hydrogen-bond acceptors (Lipinski definition) is 4. The second-order valence-corrected chi connectivity index (χ2v) is 9.63. The average Bonchev–Trinajstić information content (AvgIpc) is 2.75. The Morgan fingerprint density at radius 3 is 1.85 bits per heavy atom. The molecule has 0 aliphatic carbocycles. The van der Waals surface area contributed by atoms with E-state index in [1.807, 2.05) is 51.7 Å². The molecule has 1 aliphatic heterocycles. The molecule has 0 radical (unpaired) electrons. The predicted molar refractivity (Wildman–Crippen MR) is 127 cm³/mol. The van der Waals surface area contributed by atoms with Crippen LogP contribution < -0.4 is 10.6 Å². The van der Waals surface area contributed by atoms with E-state index in [0.717, 1.165) is 5.56 Å². The lowest BCUT2D eigenvalue weighted by Gasteiger charge is -2.35. The highest BCUT2D eigenvalue weighted by molar-refractivity contribution is 5.98. The summed E-state index contributed by atoms with van der Waals surface area (Å²) in [6.45, 7) is 11.2. The number of morpholine rings is 1. The number of carbonyl (C=O) groups excluding carboxylic acids is 3. The maximum absolute atomic E-state index is 12.8. The Hall–Kier alpha value is -3.19. The molecule has 0 spiro atoms. The predicted octanol–water partition coefficient (Wildman–Crippen LogP) is 3.39. The van der Waals surface area contributed by atoms with Crippen molar-refractivity contribution in [2.24, 2.45) is 0 Å². The summed E-state index contributed by atoms with van der Waals surface area (Å²) >= 11 is 0. The molecule has 2 atom stereocenters. The molecule has 3 amide bonds. The lowest BCUT2D eigenvalue weighted by molar-refractivity contribution is -0.0586. The highest BCUT2D eigenvalue weighted by Crippen LogP contribution is 2.15. The van der Waals surface area contributed by atoms with Crippen LogP contribution in [0.5, 0.6) is 0 Å². The van der Waals surface area contributed by atoms with Gasteiger partial charge in [0.25, 0.3) is 17.7 Å². The molecular formula is C26H33N3O4. The fourth-order valence-electron chi connectivity index (χ4n) is 3.76. The normalized spacial score (nSPS) is 18.5. The van der Waals surface area contributed by atoms with E-state index in [0.29, 0.717) is 36.3 Å². The maximum Gasteiger partial charge on any atom is 0.254 e. The number of carbonyl (C=O) groups is 3. The van der Waals surface area contributed by atoms with Crippen LogP contribution in [0.1, 0.15) is 71.3 Å². The Balaban J connectivity index is 1.54. The molecule has 0 aromatic heterocycles. The van der Waals surface area contributed by atoms with Crippen LogP contribution in [0.4, 0.5) is 0 Å². The van der Waals surface area contributed by atoms with E-state index in [1.54, 1.807) is 36.4 Å². The van der Waals surface area contributed by atoms with Crippen LogP contribution in [-0.2, 0) is 11.3 Å². The van der Waals surface area contributed by atoms with Crippen molar-refractivity contribution < 1.29 is 19.1 Å². The molecule has 176 valence electrons. The topological polar surface area (TPSA) is 87.7 Å². The second kappa shape index (κ2) is 10.2. The molecule has 2 N–H and O–H groups in total. The molecule has 1 heterocycles. The molecule has 0 bridgehead atoms. The highest BCUT2D eigenvalue weighted by Gasteiger charge is 2.26. The first-order valence-corrected chi connectivity index (χ1v) is 11.3. The largest absolute Gasteiger partial charge is 0.372 e. The van der Waals surface area contributed by atoms with Gasteiger partial charge in [-0.15, -0.1) is 0 Å². The summed E-state index contributed by atoms with van der Waals surface area (Å²) < 4.78 is 5.70. The summed E-state index contributed by atoms with van der Waals surface area (Å²) in [5.74, 6) is -0.414. The smallest absolute Gasteiger partial charge is 0.254 e. The van der Waals surface area contributed by atoms with E-state index in [9.17, 15) is 14.4 Å². The number of benzene rings is 2. The van der Waals surface area contributed by atoms with Crippen LogP contribution in [0.2, 0.25) is 0 Å². The zero-order valence-corrected chi connectivity index (χ0v) is 20.0. The van der Waals surface area contributed by atoms with Crippen molar-refractivity contribution in [3.05, 3.63) is 70.8 Å². The van der Waals surface area contributed by atoms with Gasteiger partial charge in [-0.2, -0.15) is 0 Å². The van der Waals surface area contributed by atoms with Gasteiger partial charge >= 0.3 is 0 Å². The van der Waals surface area contributed by atoms with Crippen molar-refractivity contribution in [1.82, 2.24) is 15.5 Å². The molecule has 1 fully saturated rings. The third-order valence-electron chi connectivity index (χ3n) is 5.26. The van der Waals surface area contributed by atoms with E-state index in [4.69, 9.17) is 4.74 Å². The molecule has 3 rings (SSSR count). The molecule has 2 aromatic carbocycles. The number of hydrogen-bond donors (Lipinski definition) is 2. The summed E-state index contributed by atoms with van der Waals surface area (Å²) in [4.78, 5) is 39.3. The Labute approximate surface area is 195 Å². The fraction of sp³-hybridized carbons (Fsp3) is 0.423. The van der Waals surface area contributed by atoms with E-state index in [1.165, 1.54) is 0 Å². The number of ether oxygens (including phenoxy) is 1.